The van der Waals surface area contributed by atoms with Gasteiger partial charge in [0.2, 0.25) is 17.7 Å². The number of thiophene rings is 1. The molecule has 0 aliphatic carbocycles. The first-order chi connectivity index (χ1) is 26.4. The number of carbonyl (C=O) groups is 4. The number of amides is 4. The average Bonchev–Trinajstić information content (AvgIpc) is 3.95. The van der Waals surface area contributed by atoms with Gasteiger partial charge < -0.3 is 29.1 Å². The smallest absolute Gasteiger partial charge is 0.349 e. The molecule has 1 N–H and O–H groups in total. The normalized spacial score (nSPS) is 15.5. The fourth-order valence-electron chi connectivity index (χ4n) is 6.47. The molecule has 1 fully saturated rings. The van der Waals surface area contributed by atoms with Crippen molar-refractivity contribution in [3.63, 3.8) is 0 Å². The SMILES string of the molecule is CCOP(=O)(OCC)C(F)(F)c1ccc2sc(C(=O)N[C@H](C(=O)N3CCC[C@H]3C(=O)N(CCC(=O)N(C)C)c3ccc(-c4nccs4)cc3)C(C)(C)C)cc2c1. The van der Waals surface area contributed by atoms with Gasteiger partial charge in [0.05, 0.1) is 18.1 Å². The number of likely N-dealkylation sites (tertiary alicyclic amines) is 1. The first-order valence-electron chi connectivity index (χ1n) is 18.4. The van der Waals surface area contributed by atoms with E-state index in [2.05, 4.69) is 10.3 Å². The van der Waals surface area contributed by atoms with Crippen LogP contribution < -0.4 is 10.2 Å². The van der Waals surface area contributed by atoms with Crippen LogP contribution in [0.1, 0.15) is 69.1 Å². The molecule has 1 saturated heterocycles. The van der Waals surface area contributed by atoms with Crippen LogP contribution in [0.25, 0.3) is 20.7 Å². The monoisotopic (exact) mass is 831 g/mol. The van der Waals surface area contributed by atoms with Crippen LogP contribution in [0.2, 0.25) is 0 Å². The van der Waals surface area contributed by atoms with E-state index in [9.17, 15) is 23.7 Å². The van der Waals surface area contributed by atoms with Gasteiger partial charge in [0, 0.05) is 66.7 Å². The van der Waals surface area contributed by atoms with Gasteiger partial charge in [-0.25, -0.2) is 4.98 Å². The number of aromatic nitrogens is 1. The molecule has 5 rings (SSSR count). The molecule has 0 bridgehead atoms. The number of rotatable bonds is 15. The summed E-state index contributed by atoms with van der Waals surface area (Å²) < 4.78 is 54.5. The van der Waals surface area contributed by atoms with Gasteiger partial charge in [-0.3, -0.25) is 23.7 Å². The summed E-state index contributed by atoms with van der Waals surface area (Å²) in [5.74, 6) is -1.51. The number of benzene rings is 2. The highest BCUT2D eigenvalue weighted by atomic mass is 32.1. The third-order valence-electron chi connectivity index (χ3n) is 9.41. The molecule has 0 unspecified atom stereocenters. The Labute approximate surface area is 333 Å². The Kier molecular flexibility index (Phi) is 13.5. The Morgan fingerprint density at radius 1 is 1.04 bits per heavy atom. The summed E-state index contributed by atoms with van der Waals surface area (Å²) in [5.41, 5.74) is -3.87. The van der Waals surface area contributed by atoms with Crippen LogP contribution in [0.4, 0.5) is 14.5 Å². The molecule has 2 aromatic heterocycles. The second kappa shape index (κ2) is 17.6. The molecule has 0 spiro atoms. The van der Waals surface area contributed by atoms with E-state index >= 15 is 8.78 Å². The quantitative estimate of drug-likeness (QED) is 0.119. The molecule has 12 nitrogen and oxygen atoms in total. The number of nitrogens with one attached hydrogen (secondary N) is 1. The summed E-state index contributed by atoms with van der Waals surface area (Å²) in [7, 11) is -1.55. The Balaban J connectivity index is 1.38. The lowest BCUT2D eigenvalue weighted by Gasteiger charge is -2.36. The standard InChI is InChI=1S/C39H48F2N5O7PS2/c1-8-52-54(51,53-9-2)39(40,41)27-14-17-30-26(23-27)24-31(56-30)34(48)43-33(38(3,4)5)37(50)46-20-10-11-29(46)36(49)45(21-18-32(47)44(6)7)28-15-12-25(13-16-28)35-42-19-22-55-35/h12-17,19,22-24,29,33H,8-11,18,20-21H2,1-7H3,(H,43,48)/t29-,33+/m0/s1. The van der Waals surface area contributed by atoms with Crippen LogP contribution in [0.3, 0.4) is 0 Å². The van der Waals surface area contributed by atoms with Gasteiger partial charge in [0.1, 0.15) is 17.1 Å². The van der Waals surface area contributed by atoms with Crippen molar-refractivity contribution in [2.24, 2.45) is 5.41 Å². The summed E-state index contributed by atoms with van der Waals surface area (Å²) in [6.07, 6.45) is 2.74. The summed E-state index contributed by atoms with van der Waals surface area (Å²) in [4.78, 5) is 64.4. The summed E-state index contributed by atoms with van der Waals surface area (Å²) in [5, 5.41) is 5.89. The van der Waals surface area contributed by atoms with Crippen LogP contribution >= 0.6 is 30.3 Å². The molecule has 0 radical (unpaired) electrons. The largest absolute Gasteiger partial charge is 0.404 e. The first kappa shape index (κ1) is 43.1. The second-order valence-corrected chi connectivity index (χ2v) is 18.7. The summed E-state index contributed by atoms with van der Waals surface area (Å²) in [6, 6.07) is 10.6. The molecule has 1 aliphatic rings. The molecule has 17 heteroatoms. The molecule has 0 saturated carbocycles. The predicted molar refractivity (Wildman–Crippen MR) is 215 cm³/mol. The van der Waals surface area contributed by atoms with Crippen LogP contribution in [-0.2, 0) is 33.7 Å². The van der Waals surface area contributed by atoms with E-state index in [4.69, 9.17) is 9.05 Å². The van der Waals surface area contributed by atoms with Gasteiger partial charge in [-0.2, -0.15) is 8.78 Å². The maximum absolute atomic E-state index is 15.5. The number of alkyl halides is 2. The highest BCUT2D eigenvalue weighted by Crippen LogP contribution is 2.67. The van der Waals surface area contributed by atoms with Gasteiger partial charge in [0.25, 0.3) is 5.91 Å². The lowest BCUT2D eigenvalue weighted by Crippen LogP contribution is -2.58. The molecule has 302 valence electrons. The lowest BCUT2D eigenvalue weighted by molar-refractivity contribution is -0.141. The van der Waals surface area contributed by atoms with Crippen molar-refractivity contribution < 1.29 is 41.6 Å². The van der Waals surface area contributed by atoms with Gasteiger partial charge in [0.15, 0.2) is 0 Å². The van der Waals surface area contributed by atoms with Gasteiger partial charge in [-0.05, 0) is 80.0 Å². The lowest BCUT2D eigenvalue weighted by atomic mass is 9.85. The maximum Gasteiger partial charge on any atom is 0.404 e. The maximum atomic E-state index is 15.5. The number of anilines is 1. The number of nitrogens with zero attached hydrogens (tertiary/aromatic N) is 4. The minimum absolute atomic E-state index is 0.0704. The predicted octanol–water partition coefficient (Wildman–Crippen LogP) is 7.99. The average molecular weight is 832 g/mol. The minimum Gasteiger partial charge on any atom is -0.349 e. The van der Waals surface area contributed by atoms with E-state index in [0.717, 1.165) is 34.0 Å². The molecule has 56 heavy (non-hydrogen) atoms. The minimum atomic E-state index is -4.85. The Bertz CT molecular complexity index is 2080. The van der Waals surface area contributed by atoms with Crippen molar-refractivity contribution in [1.29, 1.82) is 0 Å². The van der Waals surface area contributed by atoms with Crippen LogP contribution in [0, 0.1) is 5.41 Å². The second-order valence-electron chi connectivity index (χ2n) is 14.6. The van der Waals surface area contributed by atoms with E-state index in [1.165, 1.54) is 47.1 Å². The van der Waals surface area contributed by atoms with Crippen molar-refractivity contribution in [3.8, 4) is 10.6 Å². The Hall–Kier alpha value is -4.08. The molecular formula is C39H48F2N5O7PS2. The topological polar surface area (TPSA) is 138 Å². The third-order valence-corrected chi connectivity index (χ3v) is 13.5. The number of hydrogen-bond donors (Lipinski definition) is 1. The summed E-state index contributed by atoms with van der Waals surface area (Å²) in [6.45, 7) is 8.22. The van der Waals surface area contributed by atoms with Crippen LogP contribution in [0.15, 0.2) is 60.1 Å². The molecular weight excluding hydrogens is 784 g/mol. The van der Waals surface area contributed by atoms with E-state index in [0.29, 0.717) is 35.2 Å². The van der Waals surface area contributed by atoms with Crippen molar-refractivity contribution in [1.82, 2.24) is 20.1 Å². The zero-order chi connectivity index (χ0) is 41.0. The number of hydrogen-bond acceptors (Lipinski definition) is 10. The Morgan fingerprint density at radius 3 is 2.30 bits per heavy atom. The highest BCUT2D eigenvalue weighted by molar-refractivity contribution is 7.54. The molecule has 4 aromatic rings. The van der Waals surface area contributed by atoms with E-state index in [-0.39, 0.29) is 42.9 Å². The van der Waals surface area contributed by atoms with Crippen LogP contribution in [-0.4, -0.2) is 90.9 Å². The fraction of sp³-hybridized carbons (Fsp3) is 0.462. The van der Waals surface area contributed by atoms with Crippen LogP contribution in [0.5, 0.6) is 0 Å². The van der Waals surface area contributed by atoms with E-state index in [1.807, 2.05) is 17.5 Å². The van der Waals surface area contributed by atoms with Gasteiger partial charge in [-0.15, -0.1) is 22.7 Å². The molecule has 2 aromatic carbocycles. The molecule has 1 aliphatic heterocycles. The number of thiazole rings is 1. The highest BCUT2D eigenvalue weighted by Gasteiger charge is 2.55. The molecule has 4 amide bonds. The van der Waals surface area contributed by atoms with Crippen molar-refractivity contribution in [3.05, 3.63) is 70.5 Å². The van der Waals surface area contributed by atoms with Gasteiger partial charge in [-0.1, -0.05) is 26.8 Å². The zero-order valence-electron chi connectivity index (χ0n) is 32.5. The number of carbonyl (C=O) groups excluding carboxylic acids is 4. The molecule has 3 heterocycles. The van der Waals surface area contributed by atoms with Gasteiger partial charge >= 0.3 is 13.3 Å². The van der Waals surface area contributed by atoms with E-state index < -0.39 is 48.1 Å². The summed E-state index contributed by atoms with van der Waals surface area (Å²) >= 11 is 2.55. The fourth-order valence-corrected chi connectivity index (χ4v) is 9.60. The van der Waals surface area contributed by atoms with Crippen molar-refractivity contribution in [2.75, 3.05) is 45.3 Å². The number of fused-ring (bicyclic) bond motifs is 1. The number of halogens is 2. The van der Waals surface area contributed by atoms with Crippen molar-refractivity contribution in [2.45, 2.75) is 71.6 Å². The zero-order valence-corrected chi connectivity index (χ0v) is 35.1. The third kappa shape index (κ3) is 9.21. The van der Waals surface area contributed by atoms with Crippen molar-refractivity contribution >= 4 is 69.7 Å². The molecule has 2 atom stereocenters. The Morgan fingerprint density at radius 2 is 1.71 bits per heavy atom. The first-order valence-corrected chi connectivity index (χ1v) is 21.6. The van der Waals surface area contributed by atoms with E-state index in [1.54, 1.807) is 58.1 Å².